The van der Waals surface area contributed by atoms with Gasteiger partial charge in [0.1, 0.15) is 5.65 Å². The number of aromatic carboxylic acids is 1. The maximum absolute atomic E-state index is 11.0. The summed E-state index contributed by atoms with van der Waals surface area (Å²) in [5.41, 5.74) is 3.20. The molecule has 0 aliphatic heterocycles. The average molecular weight is 294 g/mol. The van der Waals surface area contributed by atoms with E-state index in [2.05, 4.69) is 9.97 Å². The summed E-state index contributed by atoms with van der Waals surface area (Å²) >= 11 is 5.38. The normalized spacial score (nSPS) is 11.4. The number of para-hydroxylation sites is 2. The number of rotatable bonds is 1. The van der Waals surface area contributed by atoms with Crippen molar-refractivity contribution in [1.29, 1.82) is 0 Å². The molecular formula is C15H8N3O2S-. The first-order chi connectivity index (χ1) is 10.1. The van der Waals surface area contributed by atoms with E-state index < -0.39 is 5.97 Å². The molecule has 6 heteroatoms. The van der Waals surface area contributed by atoms with Gasteiger partial charge in [0.25, 0.3) is 0 Å². The van der Waals surface area contributed by atoms with Crippen molar-refractivity contribution in [2.75, 3.05) is 0 Å². The Balaban J connectivity index is 2.24. The van der Waals surface area contributed by atoms with Gasteiger partial charge in [0.2, 0.25) is 0 Å². The summed E-state index contributed by atoms with van der Waals surface area (Å²) in [6.07, 6.45) is 0. The number of carbonyl (C=O) groups is 1. The molecule has 102 valence electrons. The minimum absolute atomic E-state index is 0.105. The number of carboxylic acids is 1. The fraction of sp³-hybridized carbons (Fsp3) is 0. The second-order valence-electron chi connectivity index (χ2n) is 4.74. The molecule has 5 nitrogen and oxygen atoms in total. The van der Waals surface area contributed by atoms with Gasteiger partial charge in [-0.3, -0.25) is 4.40 Å². The van der Waals surface area contributed by atoms with Crippen LogP contribution in [0.2, 0.25) is 0 Å². The van der Waals surface area contributed by atoms with E-state index in [4.69, 9.17) is 12.2 Å². The number of hydrogen-bond acceptors (Lipinski definition) is 4. The summed E-state index contributed by atoms with van der Waals surface area (Å²) in [5.74, 6) is -1.22. The summed E-state index contributed by atoms with van der Waals surface area (Å²) in [6, 6.07) is 12.4. The van der Waals surface area contributed by atoms with E-state index in [1.165, 1.54) is 12.1 Å². The Kier molecular flexibility index (Phi) is 2.37. The first-order valence-corrected chi connectivity index (χ1v) is 6.70. The van der Waals surface area contributed by atoms with Crippen LogP contribution in [-0.4, -0.2) is 20.3 Å². The predicted molar refractivity (Wildman–Crippen MR) is 79.7 cm³/mol. The third-order valence-corrected chi connectivity index (χ3v) is 3.79. The Morgan fingerprint density at radius 1 is 1.24 bits per heavy atom. The number of benzene rings is 2. The molecule has 21 heavy (non-hydrogen) atoms. The number of fused-ring (bicyclic) bond motifs is 5. The Labute approximate surface area is 123 Å². The quantitative estimate of drug-likeness (QED) is 0.545. The third-order valence-electron chi connectivity index (χ3n) is 3.50. The molecule has 4 aromatic rings. The lowest BCUT2D eigenvalue weighted by molar-refractivity contribution is -0.255. The predicted octanol–water partition coefficient (Wildman–Crippen LogP) is 2.06. The second-order valence-corrected chi connectivity index (χ2v) is 5.12. The van der Waals surface area contributed by atoms with E-state index >= 15 is 0 Å². The van der Waals surface area contributed by atoms with Crippen molar-refractivity contribution in [2.24, 2.45) is 0 Å². The molecule has 0 aliphatic rings. The number of aromatic amines is 1. The van der Waals surface area contributed by atoms with Gasteiger partial charge >= 0.3 is 0 Å². The maximum atomic E-state index is 11.0. The summed E-state index contributed by atoms with van der Waals surface area (Å²) in [4.78, 5) is 18.6. The topological polar surface area (TPSA) is 73.2 Å². The molecule has 0 unspecified atom stereocenters. The first-order valence-electron chi connectivity index (χ1n) is 6.30. The molecule has 1 N–H and O–H groups in total. The van der Waals surface area contributed by atoms with Crippen LogP contribution < -0.4 is 5.11 Å². The number of H-pyrrole nitrogens is 1. The number of nitrogens with one attached hydrogen (secondary N) is 1. The number of aromatic nitrogens is 3. The molecule has 0 aliphatic carbocycles. The number of nitrogens with zero attached hydrogens (tertiary/aromatic N) is 2. The Morgan fingerprint density at radius 2 is 2.05 bits per heavy atom. The van der Waals surface area contributed by atoms with Crippen molar-refractivity contribution in [1.82, 2.24) is 14.4 Å². The molecular weight excluding hydrogens is 286 g/mol. The lowest BCUT2D eigenvalue weighted by Crippen LogP contribution is -2.22. The van der Waals surface area contributed by atoms with Crippen molar-refractivity contribution < 1.29 is 9.90 Å². The van der Waals surface area contributed by atoms with Gasteiger partial charge in [-0.2, -0.15) is 0 Å². The Hall–Kier alpha value is -2.73. The maximum Gasteiger partial charge on any atom is 0.183 e. The molecule has 0 bridgehead atoms. The van der Waals surface area contributed by atoms with E-state index in [1.54, 1.807) is 6.07 Å². The van der Waals surface area contributed by atoms with E-state index in [9.17, 15) is 9.90 Å². The zero-order valence-electron chi connectivity index (χ0n) is 10.7. The molecule has 0 amide bonds. The smallest absolute Gasteiger partial charge is 0.183 e. The SMILES string of the molecule is O=C([O-])c1ccc2c(c1)[nH]c(=S)n1c3ccccc3nc21. The lowest BCUT2D eigenvalue weighted by Gasteiger charge is -2.06. The van der Waals surface area contributed by atoms with Crippen molar-refractivity contribution in [3.05, 3.63) is 52.8 Å². The summed E-state index contributed by atoms with van der Waals surface area (Å²) in [6.45, 7) is 0. The van der Waals surface area contributed by atoms with Crippen molar-refractivity contribution >= 4 is 45.8 Å². The zero-order valence-corrected chi connectivity index (χ0v) is 11.5. The van der Waals surface area contributed by atoms with Gasteiger partial charge in [-0.1, -0.05) is 18.2 Å². The van der Waals surface area contributed by atoms with Gasteiger partial charge in [0.15, 0.2) is 4.77 Å². The largest absolute Gasteiger partial charge is 0.545 e. The standard InChI is InChI=1S/C15H9N3O2S/c19-14(20)8-5-6-9-11(7-8)17-15(21)18-12-4-2-1-3-10(12)16-13(9)18/h1-7H,(H,17,21)(H,19,20)/p-1. The highest BCUT2D eigenvalue weighted by molar-refractivity contribution is 7.71. The van der Waals surface area contributed by atoms with Crippen LogP contribution in [0.15, 0.2) is 42.5 Å². The summed E-state index contributed by atoms with van der Waals surface area (Å²) in [5, 5.41) is 11.8. The molecule has 0 fully saturated rings. The van der Waals surface area contributed by atoms with Crippen LogP contribution in [0.25, 0.3) is 27.6 Å². The number of carboxylic acid groups (broad SMARTS) is 1. The van der Waals surface area contributed by atoms with Gasteiger partial charge in [0, 0.05) is 5.39 Å². The first kappa shape index (κ1) is 12.0. The van der Waals surface area contributed by atoms with Crippen LogP contribution in [0.1, 0.15) is 10.4 Å². The van der Waals surface area contributed by atoms with E-state index in [1.807, 2.05) is 28.7 Å². The zero-order chi connectivity index (χ0) is 14.6. The van der Waals surface area contributed by atoms with Crippen LogP contribution in [-0.2, 0) is 0 Å². The highest BCUT2D eigenvalue weighted by Gasteiger charge is 2.10. The van der Waals surface area contributed by atoms with Crippen molar-refractivity contribution in [3.63, 3.8) is 0 Å². The Morgan fingerprint density at radius 3 is 2.86 bits per heavy atom. The molecule has 0 atom stereocenters. The van der Waals surface area contributed by atoms with Crippen LogP contribution in [0.5, 0.6) is 0 Å². The Bertz CT molecular complexity index is 1090. The molecule has 2 aromatic heterocycles. The van der Waals surface area contributed by atoms with Crippen LogP contribution in [0.4, 0.5) is 0 Å². The van der Waals surface area contributed by atoms with Crippen LogP contribution in [0, 0.1) is 4.77 Å². The molecule has 2 heterocycles. The second kappa shape index (κ2) is 4.13. The molecule has 0 saturated carbocycles. The molecule has 0 saturated heterocycles. The summed E-state index contributed by atoms with van der Waals surface area (Å²) < 4.78 is 2.33. The van der Waals surface area contributed by atoms with Crippen LogP contribution >= 0.6 is 12.2 Å². The fourth-order valence-corrected chi connectivity index (χ4v) is 2.85. The van der Waals surface area contributed by atoms with Gasteiger partial charge in [-0.25, -0.2) is 4.98 Å². The van der Waals surface area contributed by atoms with E-state index in [0.29, 0.717) is 15.9 Å². The van der Waals surface area contributed by atoms with Crippen molar-refractivity contribution in [2.45, 2.75) is 0 Å². The average Bonchev–Trinajstić information content (AvgIpc) is 2.86. The third kappa shape index (κ3) is 1.66. The fourth-order valence-electron chi connectivity index (χ4n) is 2.55. The monoisotopic (exact) mass is 294 g/mol. The minimum atomic E-state index is -1.22. The van der Waals surface area contributed by atoms with Gasteiger partial charge in [0.05, 0.1) is 22.5 Å². The highest BCUT2D eigenvalue weighted by Crippen LogP contribution is 2.24. The lowest BCUT2D eigenvalue weighted by atomic mass is 10.1. The number of hydrogen-bond donors (Lipinski definition) is 1. The van der Waals surface area contributed by atoms with Crippen molar-refractivity contribution in [3.8, 4) is 0 Å². The summed E-state index contributed by atoms with van der Waals surface area (Å²) in [7, 11) is 0. The van der Waals surface area contributed by atoms with Gasteiger partial charge in [-0.05, 0) is 42.0 Å². The van der Waals surface area contributed by atoms with E-state index in [-0.39, 0.29) is 5.56 Å². The molecule has 2 aromatic carbocycles. The number of imidazole rings is 1. The molecule has 0 radical (unpaired) electrons. The van der Waals surface area contributed by atoms with Gasteiger partial charge in [-0.15, -0.1) is 0 Å². The van der Waals surface area contributed by atoms with E-state index in [0.717, 1.165) is 16.4 Å². The van der Waals surface area contributed by atoms with Crippen LogP contribution in [0.3, 0.4) is 0 Å². The molecule has 0 spiro atoms. The van der Waals surface area contributed by atoms with Gasteiger partial charge < -0.3 is 14.9 Å². The molecule has 4 rings (SSSR count). The minimum Gasteiger partial charge on any atom is -0.545 e. The highest BCUT2D eigenvalue weighted by atomic mass is 32.1. The number of carbonyl (C=O) groups excluding carboxylic acids is 1.